The third kappa shape index (κ3) is 2.92. The number of benzene rings is 1. The molecule has 1 aromatic carbocycles. The molecule has 7 heteroatoms. The molecule has 1 atom stereocenters. The van der Waals surface area contributed by atoms with Crippen LogP contribution in [0.5, 0.6) is 0 Å². The summed E-state index contributed by atoms with van der Waals surface area (Å²) in [5, 5.41) is 10.6. The number of hydrogen-bond donors (Lipinski definition) is 1. The summed E-state index contributed by atoms with van der Waals surface area (Å²) in [5.41, 5.74) is 3.94. The number of nitriles is 1. The third-order valence-electron chi connectivity index (χ3n) is 3.02. The number of rotatable bonds is 3. The van der Waals surface area contributed by atoms with Crippen molar-refractivity contribution in [2.45, 2.75) is 6.17 Å². The Kier molecular flexibility index (Phi) is 3.97. The highest BCUT2D eigenvalue weighted by atomic mass is 32.2. The normalized spacial score (nSPS) is 21.2. The first-order chi connectivity index (χ1) is 9.44. The smallest absolute Gasteiger partial charge is 0.193 e. The van der Waals surface area contributed by atoms with E-state index in [1.807, 2.05) is 30.3 Å². The number of allylic oxidation sites excluding steroid dienone is 1. The van der Waals surface area contributed by atoms with Gasteiger partial charge in [0.15, 0.2) is 14.7 Å². The Bertz CT molecular complexity index is 647. The number of anilines is 1. The molecule has 1 aliphatic heterocycles. The Morgan fingerprint density at radius 2 is 2.00 bits per heavy atom. The Morgan fingerprint density at radius 1 is 1.35 bits per heavy atom. The van der Waals surface area contributed by atoms with Crippen LogP contribution in [0.4, 0.5) is 5.69 Å². The van der Waals surface area contributed by atoms with E-state index < -0.39 is 9.84 Å². The SMILES string of the molecule is CN(C)[C@@H]1CS(=O)(=O)C(C#N)=CN1Nc1ccccc1. The zero-order chi connectivity index (χ0) is 14.8. The van der Waals surface area contributed by atoms with Gasteiger partial charge in [0.25, 0.3) is 0 Å². The molecular weight excluding hydrogens is 276 g/mol. The molecule has 20 heavy (non-hydrogen) atoms. The van der Waals surface area contributed by atoms with E-state index in [9.17, 15) is 8.42 Å². The third-order valence-corrected chi connectivity index (χ3v) is 4.62. The zero-order valence-corrected chi connectivity index (χ0v) is 12.1. The van der Waals surface area contributed by atoms with Gasteiger partial charge in [-0.15, -0.1) is 0 Å². The molecule has 0 radical (unpaired) electrons. The van der Waals surface area contributed by atoms with Gasteiger partial charge in [-0.05, 0) is 26.2 Å². The van der Waals surface area contributed by atoms with Crippen LogP contribution >= 0.6 is 0 Å². The summed E-state index contributed by atoms with van der Waals surface area (Å²) in [4.78, 5) is 1.57. The van der Waals surface area contributed by atoms with Crippen molar-refractivity contribution in [1.82, 2.24) is 9.91 Å². The van der Waals surface area contributed by atoms with Crippen molar-refractivity contribution in [2.75, 3.05) is 25.3 Å². The second kappa shape index (κ2) is 5.53. The first-order valence-corrected chi connectivity index (χ1v) is 7.70. The minimum Gasteiger partial charge on any atom is -0.297 e. The molecule has 1 aromatic rings. The Labute approximate surface area is 118 Å². The molecule has 0 saturated carbocycles. The van der Waals surface area contributed by atoms with Crippen molar-refractivity contribution in [3.63, 3.8) is 0 Å². The molecule has 0 fully saturated rings. The van der Waals surface area contributed by atoms with Crippen molar-refractivity contribution in [3.05, 3.63) is 41.4 Å². The van der Waals surface area contributed by atoms with Crippen molar-refractivity contribution < 1.29 is 8.42 Å². The summed E-state index contributed by atoms with van der Waals surface area (Å²) in [6.45, 7) is 0. The van der Waals surface area contributed by atoms with Crippen molar-refractivity contribution in [3.8, 4) is 6.07 Å². The highest BCUT2D eigenvalue weighted by molar-refractivity contribution is 7.95. The number of hydrazine groups is 1. The fourth-order valence-corrected chi connectivity index (χ4v) is 3.37. The van der Waals surface area contributed by atoms with Gasteiger partial charge in [0, 0.05) is 0 Å². The number of sulfone groups is 1. The first kappa shape index (κ1) is 14.4. The van der Waals surface area contributed by atoms with Gasteiger partial charge in [0.1, 0.15) is 12.2 Å². The maximum Gasteiger partial charge on any atom is 0.193 e. The molecule has 0 unspecified atom stereocenters. The van der Waals surface area contributed by atoms with Crippen LogP contribution in [0.15, 0.2) is 41.4 Å². The maximum atomic E-state index is 12.0. The molecule has 0 spiro atoms. The summed E-state index contributed by atoms with van der Waals surface area (Å²) in [6, 6.07) is 11.1. The molecule has 1 N–H and O–H groups in total. The molecule has 0 saturated heterocycles. The van der Waals surface area contributed by atoms with Crippen LogP contribution < -0.4 is 5.43 Å². The average Bonchev–Trinajstić information content (AvgIpc) is 2.41. The summed E-state index contributed by atoms with van der Waals surface area (Å²) in [7, 11) is 0.0771. The predicted octanol–water partition coefficient (Wildman–Crippen LogP) is 0.997. The predicted molar refractivity (Wildman–Crippen MR) is 76.9 cm³/mol. The Hall–Kier alpha value is -2.04. The lowest BCUT2D eigenvalue weighted by molar-refractivity contribution is 0.164. The van der Waals surface area contributed by atoms with E-state index in [0.29, 0.717) is 0 Å². The summed E-state index contributed by atoms with van der Waals surface area (Å²) < 4.78 is 23.9. The molecule has 106 valence electrons. The fourth-order valence-electron chi connectivity index (χ4n) is 1.92. The Balaban J connectivity index is 2.35. The van der Waals surface area contributed by atoms with E-state index in [-0.39, 0.29) is 16.8 Å². The molecule has 1 heterocycles. The van der Waals surface area contributed by atoms with Crippen LogP contribution in [0, 0.1) is 11.3 Å². The van der Waals surface area contributed by atoms with E-state index >= 15 is 0 Å². The molecule has 1 aliphatic rings. The van der Waals surface area contributed by atoms with Gasteiger partial charge in [-0.2, -0.15) is 5.26 Å². The standard InChI is InChI=1S/C13H16N4O2S/c1-16(2)13-10-20(18,19)12(8-14)9-17(13)15-11-6-4-3-5-7-11/h3-7,9,13,15H,10H2,1-2H3/t13-/m0/s1. The monoisotopic (exact) mass is 292 g/mol. The van der Waals surface area contributed by atoms with E-state index in [1.54, 1.807) is 30.1 Å². The lowest BCUT2D eigenvalue weighted by atomic mass is 10.3. The zero-order valence-electron chi connectivity index (χ0n) is 11.3. The fraction of sp³-hybridized carbons (Fsp3) is 0.308. The minimum atomic E-state index is -3.52. The maximum absolute atomic E-state index is 12.0. The average molecular weight is 292 g/mol. The van der Waals surface area contributed by atoms with E-state index in [0.717, 1.165) is 5.69 Å². The highest BCUT2D eigenvalue weighted by Crippen LogP contribution is 2.22. The highest BCUT2D eigenvalue weighted by Gasteiger charge is 2.34. The van der Waals surface area contributed by atoms with Crippen LogP contribution in [-0.4, -0.2) is 44.3 Å². The second-order valence-electron chi connectivity index (χ2n) is 4.72. The van der Waals surface area contributed by atoms with Crippen molar-refractivity contribution in [1.29, 1.82) is 5.26 Å². The molecular formula is C13H16N4O2S. The van der Waals surface area contributed by atoms with Gasteiger partial charge in [-0.25, -0.2) is 8.42 Å². The van der Waals surface area contributed by atoms with Crippen LogP contribution in [-0.2, 0) is 9.84 Å². The van der Waals surface area contributed by atoms with E-state index in [4.69, 9.17) is 5.26 Å². The van der Waals surface area contributed by atoms with Gasteiger partial charge in [0.2, 0.25) is 0 Å². The molecule has 0 bridgehead atoms. The topological polar surface area (TPSA) is 76.4 Å². The molecule has 6 nitrogen and oxygen atoms in total. The molecule has 0 aliphatic carbocycles. The summed E-state index contributed by atoms with van der Waals surface area (Å²) in [5.74, 6) is -0.126. The van der Waals surface area contributed by atoms with E-state index in [1.165, 1.54) is 6.20 Å². The van der Waals surface area contributed by atoms with Gasteiger partial charge in [0.05, 0.1) is 17.6 Å². The largest absolute Gasteiger partial charge is 0.297 e. The van der Waals surface area contributed by atoms with Crippen molar-refractivity contribution >= 4 is 15.5 Å². The van der Waals surface area contributed by atoms with Crippen LogP contribution in [0.3, 0.4) is 0 Å². The lowest BCUT2D eigenvalue weighted by Gasteiger charge is -2.38. The quantitative estimate of drug-likeness (QED) is 0.895. The molecule has 0 amide bonds. The van der Waals surface area contributed by atoms with Crippen molar-refractivity contribution in [2.24, 2.45) is 0 Å². The summed E-state index contributed by atoms with van der Waals surface area (Å²) in [6.07, 6.45) is 0.966. The van der Waals surface area contributed by atoms with Gasteiger partial charge >= 0.3 is 0 Å². The Morgan fingerprint density at radius 3 is 2.55 bits per heavy atom. The molecule has 0 aromatic heterocycles. The van der Waals surface area contributed by atoms with Crippen LogP contribution in [0.2, 0.25) is 0 Å². The first-order valence-electron chi connectivity index (χ1n) is 6.05. The minimum absolute atomic E-state index is 0.126. The number of nitrogens with zero attached hydrogens (tertiary/aromatic N) is 3. The number of para-hydroxylation sites is 1. The number of nitrogens with one attached hydrogen (secondary N) is 1. The van der Waals surface area contributed by atoms with E-state index in [2.05, 4.69) is 5.43 Å². The van der Waals surface area contributed by atoms with Gasteiger partial charge in [-0.3, -0.25) is 15.3 Å². The molecule has 2 rings (SSSR count). The second-order valence-corrected chi connectivity index (χ2v) is 6.72. The van der Waals surface area contributed by atoms with Gasteiger partial charge < -0.3 is 0 Å². The number of hydrogen-bond acceptors (Lipinski definition) is 6. The lowest BCUT2D eigenvalue weighted by Crippen LogP contribution is -2.51. The summed E-state index contributed by atoms with van der Waals surface area (Å²) >= 11 is 0. The van der Waals surface area contributed by atoms with Crippen LogP contribution in [0.25, 0.3) is 0 Å². The van der Waals surface area contributed by atoms with Crippen LogP contribution in [0.1, 0.15) is 0 Å². The van der Waals surface area contributed by atoms with Gasteiger partial charge in [-0.1, -0.05) is 18.2 Å².